The summed E-state index contributed by atoms with van der Waals surface area (Å²) >= 11 is 1.73. The fourth-order valence-corrected chi connectivity index (χ4v) is 3.54. The summed E-state index contributed by atoms with van der Waals surface area (Å²) < 4.78 is 0. The van der Waals surface area contributed by atoms with Crippen LogP contribution in [0.15, 0.2) is 48.5 Å². The van der Waals surface area contributed by atoms with E-state index in [1.165, 1.54) is 4.88 Å². The lowest BCUT2D eigenvalue weighted by Crippen LogP contribution is -2.11. The largest absolute Gasteiger partial charge is 0.322 e. The number of aryl methyl sites for hydroxylation is 3. The summed E-state index contributed by atoms with van der Waals surface area (Å²) in [7, 11) is 0. The van der Waals surface area contributed by atoms with Gasteiger partial charge in [-0.05, 0) is 50.1 Å². The maximum absolute atomic E-state index is 12.4. The SMILES string of the molecule is CCc1sc(C)nc1-c1ccc(C(=O)Nc2cccc(C)c2)cc1. The zero-order chi connectivity index (χ0) is 17.1. The highest BCUT2D eigenvalue weighted by Gasteiger charge is 2.11. The Hall–Kier alpha value is -2.46. The number of nitrogens with one attached hydrogen (secondary N) is 1. The van der Waals surface area contributed by atoms with Gasteiger partial charge in [-0.15, -0.1) is 11.3 Å². The summed E-state index contributed by atoms with van der Waals surface area (Å²) in [5.74, 6) is -0.0997. The number of hydrogen-bond donors (Lipinski definition) is 1. The molecule has 0 saturated heterocycles. The van der Waals surface area contributed by atoms with E-state index in [1.54, 1.807) is 11.3 Å². The minimum absolute atomic E-state index is 0.0997. The lowest BCUT2D eigenvalue weighted by Gasteiger charge is -2.07. The van der Waals surface area contributed by atoms with E-state index in [0.29, 0.717) is 5.56 Å². The Bertz CT molecular complexity index is 866. The second kappa shape index (κ2) is 6.97. The molecule has 1 aromatic heterocycles. The molecule has 3 aromatic rings. The first-order valence-corrected chi connectivity index (χ1v) is 8.83. The molecule has 0 unspecified atom stereocenters. The zero-order valence-electron chi connectivity index (χ0n) is 14.1. The second-order valence-corrected chi connectivity index (χ2v) is 7.05. The Morgan fingerprint density at radius 2 is 1.88 bits per heavy atom. The van der Waals surface area contributed by atoms with Crippen LogP contribution in [0.25, 0.3) is 11.3 Å². The van der Waals surface area contributed by atoms with Crippen LogP contribution in [0.4, 0.5) is 5.69 Å². The van der Waals surface area contributed by atoms with Crippen molar-refractivity contribution in [1.82, 2.24) is 4.98 Å². The molecule has 0 fully saturated rings. The molecule has 122 valence electrons. The van der Waals surface area contributed by atoms with Crippen LogP contribution in [0.5, 0.6) is 0 Å². The van der Waals surface area contributed by atoms with E-state index in [9.17, 15) is 4.79 Å². The van der Waals surface area contributed by atoms with Gasteiger partial charge in [0.1, 0.15) is 0 Å². The Labute approximate surface area is 146 Å². The molecule has 4 heteroatoms. The molecular weight excluding hydrogens is 316 g/mol. The molecule has 0 aliphatic heterocycles. The molecule has 0 radical (unpaired) electrons. The first kappa shape index (κ1) is 16.4. The highest BCUT2D eigenvalue weighted by Crippen LogP contribution is 2.28. The number of carbonyl (C=O) groups excluding carboxylic acids is 1. The molecule has 0 aliphatic carbocycles. The Morgan fingerprint density at radius 1 is 1.12 bits per heavy atom. The number of anilines is 1. The summed E-state index contributed by atoms with van der Waals surface area (Å²) in [4.78, 5) is 18.3. The van der Waals surface area contributed by atoms with E-state index in [4.69, 9.17) is 0 Å². The maximum Gasteiger partial charge on any atom is 0.255 e. The minimum atomic E-state index is -0.0997. The summed E-state index contributed by atoms with van der Waals surface area (Å²) in [5, 5.41) is 4.00. The summed E-state index contributed by atoms with van der Waals surface area (Å²) in [6.07, 6.45) is 0.969. The average Bonchev–Trinajstić information content (AvgIpc) is 2.96. The third-order valence-electron chi connectivity index (χ3n) is 3.82. The predicted molar refractivity (Wildman–Crippen MR) is 101 cm³/mol. The Kier molecular flexibility index (Phi) is 4.76. The van der Waals surface area contributed by atoms with Gasteiger partial charge < -0.3 is 5.32 Å². The van der Waals surface area contributed by atoms with E-state index in [1.807, 2.05) is 62.4 Å². The first-order valence-electron chi connectivity index (χ1n) is 8.01. The van der Waals surface area contributed by atoms with E-state index in [0.717, 1.165) is 33.9 Å². The van der Waals surface area contributed by atoms with Crippen LogP contribution >= 0.6 is 11.3 Å². The lowest BCUT2D eigenvalue weighted by molar-refractivity contribution is 0.102. The number of aromatic nitrogens is 1. The number of hydrogen-bond acceptors (Lipinski definition) is 3. The van der Waals surface area contributed by atoms with Crippen LogP contribution in [-0.2, 0) is 6.42 Å². The van der Waals surface area contributed by atoms with Crippen LogP contribution in [0.2, 0.25) is 0 Å². The molecule has 1 amide bonds. The number of nitrogens with zero attached hydrogens (tertiary/aromatic N) is 1. The Morgan fingerprint density at radius 3 is 2.54 bits per heavy atom. The van der Waals surface area contributed by atoms with Crippen molar-refractivity contribution >= 4 is 22.9 Å². The highest BCUT2D eigenvalue weighted by molar-refractivity contribution is 7.12. The monoisotopic (exact) mass is 336 g/mol. The molecule has 3 nitrogen and oxygen atoms in total. The van der Waals surface area contributed by atoms with E-state index < -0.39 is 0 Å². The van der Waals surface area contributed by atoms with Gasteiger partial charge in [0, 0.05) is 21.7 Å². The highest BCUT2D eigenvalue weighted by atomic mass is 32.1. The van der Waals surface area contributed by atoms with Crippen molar-refractivity contribution in [1.29, 1.82) is 0 Å². The van der Waals surface area contributed by atoms with Crippen molar-refractivity contribution in [3.05, 3.63) is 69.5 Å². The quantitative estimate of drug-likeness (QED) is 0.708. The van der Waals surface area contributed by atoms with Crippen LogP contribution < -0.4 is 5.32 Å². The van der Waals surface area contributed by atoms with Crippen molar-refractivity contribution < 1.29 is 4.79 Å². The van der Waals surface area contributed by atoms with Crippen LogP contribution in [-0.4, -0.2) is 10.9 Å². The van der Waals surface area contributed by atoms with Crippen LogP contribution in [0, 0.1) is 13.8 Å². The molecule has 0 saturated carbocycles. The number of carbonyl (C=O) groups is 1. The van der Waals surface area contributed by atoms with Crippen LogP contribution in [0.3, 0.4) is 0 Å². The van der Waals surface area contributed by atoms with Gasteiger partial charge in [0.2, 0.25) is 0 Å². The second-order valence-electron chi connectivity index (χ2n) is 5.76. The number of thiazole rings is 1. The summed E-state index contributed by atoms with van der Waals surface area (Å²) in [6.45, 7) is 6.17. The fourth-order valence-electron chi connectivity index (χ4n) is 2.64. The third-order valence-corrected chi connectivity index (χ3v) is 4.94. The van der Waals surface area contributed by atoms with Gasteiger partial charge in [-0.25, -0.2) is 4.98 Å². The van der Waals surface area contributed by atoms with Crippen molar-refractivity contribution in [2.24, 2.45) is 0 Å². The first-order chi connectivity index (χ1) is 11.6. The summed E-state index contributed by atoms with van der Waals surface area (Å²) in [5.41, 5.74) is 4.67. The predicted octanol–water partition coefficient (Wildman–Crippen LogP) is 5.24. The van der Waals surface area contributed by atoms with Crippen molar-refractivity contribution in [2.45, 2.75) is 27.2 Å². The molecule has 0 spiro atoms. The zero-order valence-corrected chi connectivity index (χ0v) is 14.9. The van der Waals surface area contributed by atoms with Gasteiger partial charge in [0.05, 0.1) is 10.7 Å². The number of rotatable bonds is 4. The normalized spacial score (nSPS) is 10.6. The molecule has 3 rings (SSSR count). The third kappa shape index (κ3) is 3.54. The molecule has 0 bridgehead atoms. The molecule has 0 atom stereocenters. The van der Waals surface area contributed by atoms with Crippen molar-refractivity contribution in [2.75, 3.05) is 5.32 Å². The topological polar surface area (TPSA) is 42.0 Å². The molecular formula is C20H20N2OS. The molecule has 0 aliphatic rings. The standard InChI is InChI=1S/C20H20N2OS/c1-4-18-19(21-14(3)24-18)15-8-10-16(11-9-15)20(23)22-17-7-5-6-13(2)12-17/h5-12H,4H2,1-3H3,(H,22,23). The number of benzene rings is 2. The van der Waals surface area contributed by atoms with Crippen LogP contribution in [0.1, 0.15) is 32.7 Å². The van der Waals surface area contributed by atoms with Gasteiger partial charge in [-0.2, -0.15) is 0 Å². The van der Waals surface area contributed by atoms with Gasteiger partial charge in [-0.3, -0.25) is 4.79 Å². The minimum Gasteiger partial charge on any atom is -0.322 e. The van der Waals surface area contributed by atoms with Crippen molar-refractivity contribution in [3.63, 3.8) is 0 Å². The Balaban J connectivity index is 1.80. The van der Waals surface area contributed by atoms with Gasteiger partial charge in [0.15, 0.2) is 0 Å². The fraction of sp³-hybridized carbons (Fsp3) is 0.200. The maximum atomic E-state index is 12.4. The molecule has 1 N–H and O–H groups in total. The number of amides is 1. The van der Waals surface area contributed by atoms with E-state index in [2.05, 4.69) is 17.2 Å². The van der Waals surface area contributed by atoms with Crippen molar-refractivity contribution in [3.8, 4) is 11.3 Å². The molecule has 24 heavy (non-hydrogen) atoms. The molecule has 1 heterocycles. The van der Waals surface area contributed by atoms with E-state index >= 15 is 0 Å². The molecule has 2 aromatic carbocycles. The average molecular weight is 336 g/mol. The van der Waals surface area contributed by atoms with Gasteiger partial charge in [0.25, 0.3) is 5.91 Å². The smallest absolute Gasteiger partial charge is 0.255 e. The van der Waals surface area contributed by atoms with Gasteiger partial charge in [-0.1, -0.05) is 31.2 Å². The lowest BCUT2D eigenvalue weighted by atomic mass is 10.1. The van der Waals surface area contributed by atoms with Gasteiger partial charge >= 0.3 is 0 Å². The summed E-state index contributed by atoms with van der Waals surface area (Å²) in [6, 6.07) is 15.4. The van der Waals surface area contributed by atoms with E-state index in [-0.39, 0.29) is 5.91 Å².